The van der Waals surface area contributed by atoms with Crippen molar-refractivity contribution in [2.45, 2.75) is 18.2 Å². The van der Waals surface area contributed by atoms with Crippen molar-refractivity contribution in [3.8, 4) is 5.75 Å². The Balaban J connectivity index is 2.73. The standard InChI is InChI=1S/C11H15NO5S/c1-2-7-12-18(15,16)10-5-3-9(4-6-10)17-8-11(13)14/h3-6,12H,2,7-8H2,1H3,(H,13,14). The van der Waals surface area contributed by atoms with Gasteiger partial charge in [0.2, 0.25) is 10.0 Å². The Hall–Kier alpha value is -1.60. The molecule has 1 aromatic carbocycles. The summed E-state index contributed by atoms with van der Waals surface area (Å²) in [6, 6.07) is 5.58. The van der Waals surface area contributed by atoms with Crippen molar-refractivity contribution in [2.75, 3.05) is 13.2 Å². The number of benzene rings is 1. The molecular formula is C11H15NO5S. The number of hydrogen-bond acceptors (Lipinski definition) is 4. The Morgan fingerprint density at radius 2 is 1.94 bits per heavy atom. The molecule has 0 saturated carbocycles. The van der Waals surface area contributed by atoms with Gasteiger partial charge in [-0.05, 0) is 30.7 Å². The second kappa shape index (κ2) is 6.36. The topological polar surface area (TPSA) is 92.7 Å². The summed E-state index contributed by atoms with van der Waals surface area (Å²) in [6.07, 6.45) is 0.707. The quantitative estimate of drug-likeness (QED) is 0.768. The van der Waals surface area contributed by atoms with E-state index in [9.17, 15) is 13.2 Å². The maximum absolute atomic E-state index is 11.7. The molecule has 0 aliphatic rings. The van der Waals surface area contributed by atoms with Gasteiger partial charge in [0.15, 0.2) is 6.61 Å². The van der Waals surface area contributed by atoms with Crippen LogP contribution in [0.4, 0.5) is 0 Å². The molecule has 0 atom stereocenters. The molecule has 0 spiro atoms. The van der Waals surface area contributed by atoms with E-state index >= 15 is 0 Å². The summed E-state index contributed by atoms with van der Waals surface area (Å²) < 4.78 is 30.8. The van der Waals surface area contributed by atoms with E-state index in [-0.39, 0.29) is 4.90 Å². The molecule has 7 heteroatoms. The third-order valence-electron chi connectivity index (χ3n) is 2.04. The fourth-order valence-electron chi connectivity index (χ4n) is 1.18. The van der Waals surface area contributed by atoms with E-state index in [1.165, 1.54) is 24.3 Å². The number of sulfonamides is 1. The first-order valence-electron chi connectivity index (χ1n) is 5.40. The molecule has 6 nitrogen and oxygen atoms in total. The van der Waals surface area contributed by atoms with E-state index in [1.807, 2.05) is 6.92 Å². The van der Waals surface area contributed by atoms with E-state index in [2.05, 4.69) is 4.72 Å². The Labute approximate surface area is 106 Å². The van der Waals surface area contributed by atoms with Crippen molar-refractivity contribution in [3.63, 3.8) is 0 Å². The Kier molecular flexibility index (Phi) is 5.11. The zero-order valence-corrected chi connectivity index (χ0v) is 10.7. The molecule has 100 valence electrons. The number of carboxylic acids is 1. The Morgan fingerprint density at radius 3 is 2.44 bits per heavy atom. The van der Waals surface area contributed by atoms with Gasteiger partial charge in [-0.2, -0.15) is 0 Å². The van der Waals surface area contributed by atoms with Crippen molar-refractivity contribution in [1.82, 2.24) is 4.72 Å². The summed E-state index contributed by atoms with van der Waals surface area (Å²) in [5.74, 6) is -0.775. The lowest BCUT2D eigenvalue weighted by Gasteiger charge is -2.07. The molecule has 2 N–H and O–H groups in total. The number of carbonyl (C=O) groups is 1. The van der Waals surface area contributed by atoms with Gasteiger partial charge in [0, 0.05) is 6.54 Å². The van der Waals surface area contributed by atoms with Crippen LogP contribution in [0.25, 0.3) is 0 Å². The van der Waals surface area contributed by atoms with E-state index in [0.29, 0.717) is 18.7 Å². The highest BCUT2D eigenvalue weighted by Crippen LogP contribution is 2.15. The monoisotopic (exact) mass is 273 g/mol. The number of ether oxygens (including phenoxy) is 1. The van der Waals surface area contributed by atoms with Crippen LogP contribution in [0.1, 0.15) is 13.3 Å². The van der Waals surface area contributed by atoms with E-state index in [1.54, 1.807) is 0 Å². The van der Waals surface area contributed by atoms with Gasteiger partial charge in [-0.25, -0.2) is 17.9 Å². The second-order valence-electron chi connectivity index (χ2n) is 3.55. The average Bonchev–Trinajstić information content (AvgIpc) is 2.34. The summed E-state index contributed by atoms with van der Waals surface area (Å²) in [6.45, 7) is 1.78. The summed E-state index contributed by atoms with van der Waals surface area (Å²) in [7, 11) is -3.49. The van der Waals surface area contributed by atoms with Gasteiger partial charge in [0.1, 0.15) is 5.75 Å². The summed E-state index contributed by atoms with van der Waals surface area (Å²) >= 11 is 0. The van der Waals surface area contributed by atoms with E-state index in [4.69, 9.17) is 9.84 Å². The van der Waals surface area contributed by atoms with Crippen LogP contribution < -0.4 is 9.46 Å². The minimum Gasteiger partial charge on any atom is -0.482 e. The third-order valence-corrected chi connectivity index (χ3v) is 3.52. The number of hydrogen-bond donors (Lipinski definition) is 2. The van der Waals surface area contributed by atoms with Crippen molar-refractivity contribution in [2.24, 2.45) is 0 Å². The Bertz CT molecular complexity index is 495. The minimum absolute atomic E-state index is 0.124. The fraction of sp³-hybridized carbons (Fsp3) is 0.364. The van der Waals surface area contributed by atoms with Gasteiger partial charge < -0.3 is 9.84 Å². The molecule has 0 heterocycles. The van der Waals surface area contributed by atoms with Gasteiger partial charge in [0.25, 0.3) is 0 Å². The lowest BCUT2D eigenvalue weighted by molar-refractivity contribution is -0.139. The fourth-order valence-corrected chi connectivity index (χ4v) is 2.31. The molecule has 0 radical (unpaired) electrons. The van der Waals surface area contributed by atoms with Crippen LogP contribution in [0.15, 0.2) is 29.2 Å². The summed E-state index contributed by atoms with van der Waals surface area (Å²) in [4.78, 5) is 10.4. The number of carboxylic acid groups (broad SMARTS) is 1. The summed E-state index contributed by atoms with van der Waals surface area (Å²) in [5.41, 5.74) is 0. The first-order valence-corrected chi connectivity index (χ1v) is 6.88. The van der Waals surface area contributed by atoms with Crippen LogP contribution in [0.5, 0.6) is 5.75 Å². The first-order chi connectivity index (χ1) is 8.45. The lowest BCUT2D eigenvalue weighted by Crippen LogP contribution is -2.24. The molecule has 0 aromatic heterocycles. The van der Waals surface area contributed by atoms with Crippen LogP contribution in [0, 0.1) is 0 Å². The van der Waals surface area contributed by atoms with Gasteiger partial charge in [-0.15, -0.1) is 0 Å². The zero-order chi connectivity index (χ0) is 13.6. The highest BCUT2D eigenvalue weighted by Gasteiger charge is 2.12. The molecule has 0 saturated heterocycles. The first kappa shape index (κ1) is 14.5. The van der Waals surface area contributed by atoms with Gasteiger partial charge in [0.05, 0.1) is 4.90 Å². The molecule has 0 fully saturated rings. The minimum atomic E-state index is -3.49. The highest BCUT2D eigenvalue weighted by atomic mass is 32.2. The molecule has 1 rings (SSSR count). The van der Waals surface area contributed by atoms with Crippen molar-refractivity contribution in [3.05, 3.63) is 24.3 Å². The maximum Gasteiger partial charge on any atom is 0.341 e. The van der Waals surface area contributed by atoms with Gasteiger partial charge in [-0.1, -0.05) is 6.92 Å². The molecule has 0 aliphatic heterocycles. The maximum atomic E-state index is 11.7. The molecule has 18 heavy (non-hydrogen) atoms. The van der Waals surface area contributed by atoms with Crippen LogP contribution in [0.3, 0.4) is 0 Å². The number of aliphatic carboxylic acids is 1. The second-order valence-corrected chi connectivity index (χ2v) is 5.32. The summed E-state index contributed by atoms with van der Waals surface area (Å²) in [5, 5.41) is 8.42. The predicted molar refractivity (Wildman–Crippen MR) is 65.1 cm³/mol. The molecule has 1 aromatic rings. The lowest BCUT2D eigenvalue weighted by atomic mass is 10.3. The normalized spacial score (nSPS) is 11.2. The zero-order valence-electron chi connectivity index (χ0n) is 9.92. The Morgan fingerprint density at radius 1 is 1.33 bits per heavy atom. The van der Waals surface area contributed by atoms with Crippen molar-refractivity contribution < 1.29 is 23.1 Å². The molecule has 0 amide bonds. The molecule has 0 aliphatic carbocycles. The highest BCUT2D eigenvalue weighted by molar-refractivity contribution is 7.89. The van der Waals surface area contributed by atoms with Gasteiger partial charge in [-0.3, -0.25) is 0 Å². The average molecular weight is 273 g/mol. The predicted octanol–water partition coefficient (Wildman–Crippen LogP) is 0.838. The van der Waals surface area contributed by atoms with Crippen LogP contribution in [0.2, 0.25) is 0 Å². The molecule has 0 unspecified atom stereocenters. The van der Waals surface area contributed by atoms with Gasteiger partial charge >= 0.3 is 5.97 Å². The SMILES string of the molecule is CCCNS(=O)(=O)c1ccc(OCC(=O)O)cc1. The third kappa shape index (κ3) is 4.34. The van der Waals surface area contributed by atoms with Crippen molar-refractivity contribution >= 4 is 16.0 Å². The largest absolute Gasteiger partial charge is 0.482 e. The van der Waals surface area contributed by atoms with E-state index in [0.717, 1.165) is 0 Å². The van der Waals surface area contributed by atoms with Crippen LogP contribution in [-0.4, -0.2) is 32.6 Å². The number of rotatable bonds is 7. The molecule has 0 bridgehead atoms. The van der Waals surface area contributed by atoms with Crippen LogP contribution >= 0.6 is 0 Å². The number of nitrogens with one attached hydrogen (secondary N) is 1. The molecular weight excluding hydrogens is 258 g/mol. The van der Waals surface area contributed by atoms with Crippen molar-refractivity contribution in [1.29, 1.82) is 0 Å². The van der Waals surface area contributed by atoms with Crippen LogP contribution in [-0.2, 0) is 14.8 Å². The van der Waals surface area contributed by atoms with E-state index < -0.39 is 22.6 Å². The smallest absolute Gasteiger partial charge is 0.341 e.